The minimum Gasteiger partial charge on any atom is -0.370 e. The summed E-state index contributed by atoms with van der Waals surface area (Å²) < 4.78 is 1.83. The van der Waals surface area contributed by atoms with Crippen LogP contribution < -0.4 is 5.32 Å². The number of fused-ring (bicyclic) bond motifs is 1. The minimum atomic E-state index is -0.372. The molecular weight excluding hydrogens is 376 g/mol. The van der Waals surface area contributed by atoms with Gasteiger partial charge in [0.2, 0.25) is 0 Å². The molecular formula is C21H21ClN4O2. The number of nitro groups is 1. The average Bonchev–Trinajstić information content (AvgIpc) is 2.85. The van der Waals surface area contributed by atoms with Gasteiger partial charge in [0.05, 0.1) is 16.3 Å². The van der Waals surface area contributed by atoms with Crippen LogP contribution in [0.1, 0.15) is 35.2 Å². The fourth-order valence-electron chi connectivity index (χ4n) is 3.65. The Bertz CT molecular complexity index is 1040. The van der Waals surface area contributed by atoms with Crippen LogP contribution in [0.2, 0.25) is 5.02 Å². The number of halogens is 1. The molecule has 0 saturated carbocycles. The van der Waals surface area contributed by atoms with Gasteiger partial charge < -0.3 is 5.32 Å². The van der Waals surface area contributed by atoms with E-state index in [1.165, 1.54) is 11.6 Å². The van der Waals surface area contributed by atoms with E-state index in [4.69, 9.17) is 16.7 Å². The van der Waals surface area contributed by atoms with E-state index in [0.29, 0.717) is 6.42 Å². The zero-order chi connectivity index (χ0) is 19.7. The highest BCUT2D eigenvalue weighted by atomic mass is 35.5. The molecule has 28 heavy (non-hydrogen) atoms. The van der Waals surface area contributed by atoms with E-state index in [1.807, 2.05) is 35.9 Å². The van der Waals surface area contributed by atoms with Crippen LogP contribution >= 0.6 is 11.6 Å². The molecule has 0 fully saturated rings. The van der Waals surface area contributed by atoms with E-state index in [0.717, 1.165) is 59.2 Å². The van der Waals surface area contributed by atoms with Gasteiger partial charge in [0.15, 0.2) is 0 Å². The van der Waals surface area contributed by atoms with Gasteiger partial charge >= 0.3 is 0 Å². The molecule has 0 aliphatic carbocycles. The number of benzene rings is 2. The molecule has 7 heteroatoms. The highest BCUT2D eigenvalue weighted by Crippen LogP contribution is 2.32. The third kappa shape index (κ3) is 3.47. The molecule has 1 aromatic heterocycles. The van der Waals surface area contributed by atoms with Crippen LogP contribution in [0.4, 0.5) is 11.5 Å². The number of rotatable bonds is 4. The van der Waals surface area contributed by atoms with Gasteiger partial charge in [0.1, 0.15) is 5.82 Å². The van der Waals surface area contributed by atoms with E-state index < -0.39 is 0 Å². The van der Waals surface area contributed by atoms with Crippen LogP contribution in [-0.2, 0) is 12.8 Å². The first-order valence-electron chi connectivity index (χ1n) is 9.38. The van der Waals surface area contributed by atoms with Gasteiger partial charge in [0.25, 0.3) is 5.69 Å². The maximum absolute atomic E-state index is 11.3. The lowest BCUT2D eigenvalue weighted by atomic mass is 10.0. The zero-order valence-electron chi connectivity index (χ0n) is 15.6. The lowest BCUT2D eigenvalue weighted by Gasteiger charge is -2.11. The van der Waals surface area contributed by atoms with Crippen LogP contribution in [0.3, 0.4) is 0 Å². The molecule has 0 spiro atoms. The third-order valence-electron chi connectivity index (χ3n) is 5.16. The Labute approximate surface area is 168 Å². The zero-order valence-corrected chi connectivity index (χ0v) is 16.4. The van der Waals surface area contributed by atoms with Crippen LogP contribution in [0.15, 0.2) is 42.5 Å². The maximum atomic E-state index is 11.3. The van der Waals surface area contributed by atoms with Gasteiger partial charge in [-0.15, -0.1) is 0 Å². The number of anilines is 1. The summed E-state index contributed by atoms with van der Waals surface area (Å²) in [7, 11) is 0. The Balaban J connectivity index is 1.85. The lowest BCUT2D eigenvalue weighted by Crippen LogP contribution is -2.08. The first-order chi connectivity index (χ1) is 13.5. The van der Waals surface area contributed by atoms with Crippen molar-refractivity contribution in [3.63, 3.8) is 0 Å². The second-order valence-corrected chi connectivity index (χ2v) is 7.47. The summed E-state index contributed by atoms with van der Waals surface area (Å²) in [4.78, 5) is 10.9. The van der Waals surface area contributed by atoms with Gasteiger partial charge in [-0.2, -0.15) is 5.10 Å². The fourth-order valence-corrected chi connectivity index (χ4v) is 3.85. The molecule has 0 saturated heterocycles. The molecule has 0 atom stereocenters. The molecule has 1 aliphatic rings. The fraction of sp³-hybridized carbons (Fsp3) is 0.286. The maximum Gasteiger partial charge on any atom is 0.271 e. The van der Waals surface area contributed by atoms with Crippen molar-refractivity contribution in [2.24, 2.45) is 0 Å². The summed E-state index contributed by atoms with van der Waals surface area (Å²) in [6.45, 7) is 2.80. The Morgan fingerprint density at radius 3 is 2.86 bits per heavy atom. The summed E-state index contributed by atoms with van der Waals surface area (Å²) in [6.07, 6.45) is 3.71. The van der Waals surface area contributed by atoms with E-state index in [9.17, 15) is 10.1 Å². The Kier molecular flexibility index (Phi) is 5.05. The molecule has 3 aromatic rings. The number of aromatic nitrogens is 2. The van der Waals surface area contributed by atoms with Crippen molar-refractivity contribution < 1.29 is 4.92 Å². The normalized spacial score (nSPS) is 13.5. The van der Waals surface area contributed by atoms with Crippen molar-refractivity contribution in [2.45, 2.75) is 32.6 Å². The highest BCUT2D eigenvalue weighted by molar-refractivity contribution is 6.31. The van der Waals surface area contributed by atoms with Crippen LogP contribution in [0.25, 0.3) is 5.69 Å². The van der Waals surface area contributed by atoms with Gasteiger partial charge in [-0.3, -0.25) is 10.1 Å². The quantitative estimate of drug-likeness (QED) is 0.493. The number of nitrogens with zero attached hydrogens (tertiary/aromatic N) is 3. The molecule has 2 heterocycles. The molecule has 1 N–H and O–H groups in total. The Morgan fingerprint density at radius 1 is 1.25 bits per heavy atom. The molecule has 2 aromatic carbocycles. The molecule has 0 radical (unpaired) electrons. The largest absolute Gasteiger partial charge is 0.370 e. The first-order valence-corrected chi connectivity index (χ1v) is 9.76. The minimum absolute atomic E-state index is 0.0612. The number of non-ortho nitro benzene ring substituents is 1. The number of nitrogens with one attached hydrogen (secondary N) is 1. The summed E-state index contributed by atoms with van der Waals surface area (Å²) in [5, 5.41) is 20.4. The smallest absolute Gasteiger partial charge is 0.271 e. The molecule has 0 bridgehead atoms. The van der Waals surface area contributed by atoms with Gasteiger partial charge in [-0.25, -0.2) is 4.68 Å². The molecule has 144 valence electrons. The van der Waals surface area contributed by atoms with Crippen LogP contribution in [0.5, 0.6) is 0 Å². The number of hydrogen-bond acceptors (Lipinski definition) is 4. The molecule has 6 nitrogen and oxygen atoms in total. The third-order valence-corrected chi connectivity index (χ3v) is 5.53. The van der Waals surface area contributed by atoms with Crippen molar-refractivity contribution >= 4 is 23.1 Å². The number of hydrogen-bond donors (Lipinski definition) is 1. The van der Waals surface area contributed by atoms with Crippen LogP contribution in [-0.4, -0.2) is 21.2 Å². The lowest BCUT2D eigenvalue weighted by molar-refractivity contribution is -0.384. The van der Waals surface area contributed by atoms with Crippen LogP contribution in [0, 0.1) is 17.0 Å². The standard InChI is InChI=1S/C21H21ClN4O2/c1-14-9-10-16(26(27)28)13-20(14)25-21-17(7-4-5-11-23-21)19(24-25)12-15-6-2-3-8-18(15)22/h2-3,6,8-10,13,23H,4-5,7,11-12H2,1H3. The summed E-state index contributed by atoms with van der Waals surface area (Å²) in [6, 6.07) is 12.7. The SMILES string of the molecule is Cc1ccc([N+](=O)[O-])cc1-n1nc(Cc2ccccc2Cl)c2c1NCCCC2. The predicted molar refractivity (Wildman–Crippen MR) is 111 cm³/mol. The van der Waals surface area contributed by atoms with E-state index >= 15 is 0 Å². The summed E-state index contributed by atoms with van der Waals surface area (Å²) in [5.41, 5.74) is 4.88. The molecule has 4 rings (SSSR count). The number of nitro benzene ring substituents is 1. The Hall–Kier alpha value is -2.86. The van der Waals surface area contributed by atoms with Gasteiger partial charge in [-0.05, 0) is 43.4 Å². The van der Waals surface area contributed by atoms with Crippen molar-refractivity contribution in [3.05, 3.63) is 80.0 Å². The van der Waals surface area contributed by atoms with E-state index in [1.54, 1.807) is 12.1 Å². The molecule has 0 amide bonds. The van der Waals surface area contributed by atoms with Crippen molar-refractivity contribution in [1.29, 1.82) is 0 Å². The second-order valence-electron chi connectivity index (χ2n) is 7.07. The molecule has 1 aliphatic heterocycles. The Morgan fingerprint density at radius 2 is 2.07 bits per heavy atom. The molecule has 0 unspecified atom stereocenters. The van der Waals surface area contributed by atoms with Gasteiger partial charge in [0, 0.05) is 35.7 Å². The topological polar surface area (TPSA) is 73.0 Å². The van der Waals surface area contributed by atoms with Crippen molar-refractivity contribution in [2.75, 3.05) is 11.9 Å². The van der Waals surface area contributed by atoms with Gasteiger partial charge in [-0.1, -0.05) is 35.9 Å². The predicted octanol–water partition coefficient (Wildman–Crippen LogP) is 5.08. The highest BCUT2D eigenvalue weighted by Gasteiger charge is 2.23. The van der Waals surface area contributed by atoms with E-state index in [2.05, 4.69) is 5.32 Å². The average molecular weight is 397 g/mol. The van der Waals surface area contributed by atoms with Crippen molar-refractivity contribution in [3.8, 4) is 5.69 Å². The first kappa shape index (κ1) is 18.5. The number of aryl methyl sites for hydroxylation is 1. The second kappa shape index (κ2) is 7.64. The van der Waals surface area contributed by atoms with E-state index in [-0.39, 0.29) is 10.6 Å². The summed E-state index contributed by atoms with van der Waals surface area (Å²) in [5.74, 6) is 0.933. The summed E-state index contributed by atoms with van der Waals surface area (Å²) >= 11 is 6.37. The monoisotopic (exact) mass is 396 g/mol. The van der Waals surface area contributed by atoms with Crippen molar-refractivity contribution in [1.82, 2.24) is 9.78 Å².